The highest BCUT2D eigenvalue weighted by molar-refractivity contribution is 7.33. The highest BCUT2D eigenvalue weighted by atomic mass is 31.1. The van der Waals surface area contributed by atoms with Gasteiger partial charge >= 0.3 is 8.25 Å². The Morgan fingerprint density at radius 1 is 0.792 bits per heavy atom. The Morgan fingerprint density at radius 3 is 1.50 bits per heavy atom. The third kappa shape index (κ3) is 5.33. The highest BCUT2D eigenvalue weighted by Crippen LogP contribution is 2.40. The van der Waals surface area contributed by atoms with Crippen LogP contribution in [0.2, 0.25) is 0 Å². The summed E-state index contributed by atoms with van der Waals surface area (Å²) in [6.45, 7) is 0. The number of hydrogen-bond acceptors (Lipinski definition) is 5. The van der Waals surface area contributed by atoms with Crippen molar-refractivity contribution in [2.24, 2.45) is 0 Å². The molecule has 2 aromatic rings. The van der Waals surface area contributed by atoms with Gasteiger partial charge in [-0.1, -0.05) is 60.7 Å². The van der Waals surface area contributed by atoms with Gasteiger partial charge in [0.2, 0.25) is 0 Å². The maximum atomic E-state index is 12.3. The van der Waals surface area contributed by atoms with Crippen LogP contribution < -0.4 is 0 Å². The van der Waals surface area contributed by atoms with Gasteiger partial charge in [0.15, 0.2) is 0 Å². The van der Waals surface area contributed by atoms with Crippen LogP contribution in [-0.2, 0) is 13.6 Å². The fourth-order valence-corrected chi connectivity index (χ4v) is 3.18. The van der Waals surface area contributed by atoms with Crippen molar-refractivity contribution in [1.29, 1.82) is 10.5 Å². The molecule has 0 saturated carbocycles. The summed E-state index contributed by atoms with van der Waals surface area (Å²) >= 11 is 0. The summed E-state index contributed by atoms with van der Waals surface area (Å²) in [6, 6.07) is 22.3. The maximum absolute atomic E-state index is 12.3. The Labute approximate surface area is 142 Å². The minimum absolute atomic E-state index is 0.0675. The smallest absolute Gasteiger partial charge is 0.301 e. The molecule has 0 bridgehead atoms. The first kappa shape index (κ1) is 17.9. The van der Waals surface area contributed by atoms with Crippen molar-refractivity contribution < 1.29 is 13.6 Å². The Kier molecular flexibility index (Phi) is 7.21. The average molecular weight is 340 g/mol. The monoisotopic (exact) mass is 340 g/mol. The number of benzene rings is 2. The van der Waals surface area contributed by atoms with Crippen LogP contribution in [0.1, 0.15) is 36.2 Å². The molecule has 0 aromatic heterocycles. The van der Waals surface area contributed by atoms with Crippen LogP contribution in [0.25, 0.3) is 0 Å². The third-order valence-electron chi connectivity index (χ3n) is 3.37. The molecule has 0 saturated heterocycles. The summed E-state index contributed by atoms with van der Waals surface area (Å²) in [5.41, 5.74) is 1.52. The van der Waals surface area contributed by atoms with Gasteiger partial charge in [0.25, 0.3) is 0 Å². The number of hydrogen-bond donors (Lipinski definition) is 0. The van der Waals surface area contributed by atoms with Crippen molar-refractivity contribution in [3.8, 4) is 12.1 Å². The lowest BCUT2D eigenvalue weighted by molar-refractivity contribution is 0.133. The van der Waals surface area contributed by atoms with Crippen molar-refractivity contribution >= 4 is 8.25 Å². The Hall–Kier alpha value is -2.43. The van der Waals surface area contributed by atoms with E-state index in [1.54, 1.807) is 24.3 Å². The normalized spacial score (nSPS) is 14.1. The number of nitriles is 2. The highest BCUT2D eigenvalue weighted by Gasteiger charge is 2.20. The van der Waals surface area contributed by atoms with Crippen LogP contribution in [0.15, 0.2) is 60.7 Å². The fourth-order valence-electron chi connectivity index (χ4n) is 2.22. The van der Waals surface area contributed by atoms with Gasteiger partial charge in [0.05, 0.1) is 25.0 Å². The first-order valence-corrected chi connectivity index (χ1v) is 8.68. The van der Waals surface area contributed by atoms with Gasteiger partial charge in [-0.2, -0.15) is 10.5 Å². The van der Waals surface area contributed by atoms with Gasteiger partial charge in [0.1, 0.15) is 12.2 Å². The Balaban J connectivity index is 2.06. The molecule has 0 spiro atoms. The van der Waals surface area contributed by atoms with E-state index in [9.17, 15) is 4.57 Å². The van der Waals surface area contributed by atoms with Crippen LogP contribution in [0.4, 0.5) is 0 Å². The molecule has 0 N–H and O–H groups in total. The zero-order valence-electron chi connectivity index (χ0n) is 13.0. The molecular formula is C18H17N2O3P. The van der Waals surface area contributed by atoms with Gasteiger partial charge in [-0.25, -0.2) is 0 Å². The second-order valence-electron chi connectivity index (χ2n) is 5.01. The molecule has 2 aromatic carbocycles. The minimum atomic E-state index is -2.88. The molecule has 2 unspecified atom stereocenters. The van der Waals surface area contributed by atoms with E-state index in [4.69, 9.17) is 19.6 Å². The molecule has 6 heteroatoms. The molecule has 0 radical (unpaired) electrons. The molecule has 0 aliphatic heterocycles. The van der Waals surface area contributed by atoms with Crippen LogP contribution in [0.5, 0.6) is 0 Å². The van der Waals surface area contributed by atoms with Gasteiger partial charge in [0, 0.05) is 0 Å². The first-order valence-electron chi connectivity index (χ1n) is 7.45. The molecule has 2 atom stereocenters. The Morgan fingerprint density at radius 2 is 1.17 bits per heavy atom. The molecule has 2 rings (SSSR count). The SMILES string of the molecule is N#CCC(O[PH](=O)OC(CC#N)c1ccccc1)c1ccccc1. The number of nitrogens with zero attached hydrogens (tertiary/aromatic N) is 2. The van der Waals surface area contributed by atoms with E-state index in [1.165, 1.54) is 0 Å². The molecule has 24 heavy (non-hydrogen) atoms. The Bertz CT molecular complexity index is 675. The largest absolute Gasteiger partial charge is 0.320 e. The van der Waals surface area contributed by atoms with Crippen LogP contribution in [0, 0.1) is 22.7 Å². The van der Waals surface area contributed by atoms with E-state index in [2.05, 4.69) is 0 Å². The maximum Gasteiger partial charge on any atom is 0.320 e. The van der Waals surface area contributed by atoms with Gasteiger partial charge < -0.3 is 9.05 Å². The predicted octanol–water partition coefficient (Wildman–Crippen LogP) is 4.72. The minimum Gasteiger partial charge on any atom is -0.301 e. The lowest BCUT2D eigenvalue weighted by atomic mass is 10.1. The first-order chi connectivity index (χ1) is 11.7. The van der Waals surface area contributed by atoms with E-state index in [1.807, 2.05) is 48.5 Å². The molecule has 0 fully saturated rings. The molecular weight excluding hydrogens is 323 g/mol. The van der Waals surface area contributed by atoms with E-state index >= 15 is 0 Å². The van der Waals surface area contributed by atoms with Gasteiger partial charge in [-0.3, -0.25) is 4.57 Å². The van der Waals surface area contributed by atoms with Crippen LogP contribution in [-0.4, -0.2) is 0 Å². The van der Waals surface area contributed by atoms with Crippen molar-refractivity contribution in [2.75, 3.05) is 0 Å². The molecule has 0 aliphatic rings. The number of rotatable bonds is 8. The summed E-state index contributed by atoms with van der Waals surface area (Å²) in [4.78, 5) is 0. The lowest BCUT2D eigenvalue weighted by Crippen LogP contribution is -2.03. The van der Waals surface area contributed by atoms with Gasteiger partial charge in [-0.05, 0) is 11.1 Å². The van der Waals surface area contributed by atoms with Gasteiger partial charge in [-0.15, -0.1) is 0 Å². The van der Waals surface area contributed by atoms with E-state index in [0.717, 1.165) is 11.1 Å². The lowest BCUT2D eigenvalue weighted by Gasteiger charge is -2.19. The van der Waals surface area contributed by atoms with Crippen molar-refractivity contribution in [1.82, 2.24) is 0 Å². The zero-order chi connectivity index (χ0) is 17.2. The molecule has 0 amide bonds. The fraction of sp³-hybridized carbons (Fsp3) is 0.222. The average Bonchev–Trinajstić information content (AvgIpc) is 2.62. The summed E-state index contributed by atoms with van der Waals surface area (Å²) in [6.07, 6.45) is -1.11. The third-order valence-corrected chi connectivity index (χ3v) is 4.33. The molecule has 0 heterocycles. The van der Waals surface area contributed by atoms with Crippen LogP contribution >= 0.6 is 8.25 Å². The second-order valence-corrected chi connectivity index (χ2v) is 5.98. The van der Waals surface area contributed by atoms with E-state index in [-0.39, 0.29) is 12.8 Å². The summed E-state index contributed by atoms with van der Waals surface area (Å²) < 4.78 is 23.2. The van der Waals surface area contributed by atoms with Crippen molar-refractivity contribution in [2.45, 2.75) is 25.0 Å². The van der Waals surface area contributed by atoms with Crippen molar-refractivity contribution in [3.05, 3.63) is 71.8 Å². The quantitative estimate of drug-likeness (QED) is 0.649. The van der Waals surface area contributed by atoms with E-state index in [0.29, 0.717) is 0 Å². The predicted molar refractivity (Wildman–Crippen MR) is 90.0 cm³/mol. The second kappa shape index (κ2) is 9.65. The summed E-state index contributed by atoms with van der Waals surface area (Å²) in [7, 11) is -2.88. The molecule has 122 valence electrons. The summed E-state index contributed by atoms with van der Waals surface area (Å²) in [5.74, 6) is 0. The zero-order valence-corrected chi connectivity index (χ0v) is 14.0. The molecule has 5 nitrogen and oxygen atoms in total. The standard InChI is InChI=1S/C18H17N2O3P/c19-13-11-17(15-7-3-1-4-8-15)22-24(21)23-18(12-14-20)16-9-5-2-6-10-16/h1-10,17-18,24H,11-12H2. The van der Waals surface area contributed by atoms with E-state index < -0.39 is 20.5 Å². The topological polar surface area (TPSA) is 83.1 Å². The van der Waals surface area contributed by atoms with Crippen molar-refractivity contribution in [3.63, 3.8) is 0 Å². The summed E-state index contributed by atoms with van der Waals surface area (Å²) in [5, 5.41) is 17.9. The molecule has 0 aliphatic carbocycles. The van der Waals surface area contributed by atoms with Crippen LogP contribution in [0.3, 0.4) is 0 Å².